The molecule has 0 saturated carbocycles. The number of nitrogens with two attached hydrogens (primary N) is 1. The lowest BCUT2D eigenvalue weighted by atomic mass is 9.96. The second-order valence-corrected chi connectivity index (χ2v) is 6.37. The number of alkyl halides is 2. The number of para-hydroxylation sites is 1. The molecule has 0 aromatic heterocycles. The van der Waals surface area contributed by atoms with E-state index >= 15 is 0 Å². The molecule has 0 fully saturated rings. The van der Waals surface area contributed by atoms with Crippen LogP contribution in [0.1, 0.15) is 28.4 Å². The summed E-state index contributed by atoms with van der Waals surface area (Å²) in [6, 6.07) is 11.1. The first-order valence-electron chi connectivity index (χ1n) is 8.52. The van der Waals surface area contributed by atoms with E-state index in [1.165, 1.54) is 12.1 Å². The maximum absolute atomic E-state index is 13.1. The van der Waals surface area contributed by atoms with Crippen molar-refractivity contribution in [3.63, 3.8) is 0 Å². The summed E-state index contributed by atoms with van der Waals surface area (Å²) in [4.78, 5) is 24.1. The highest BCUT2D eigenvalue weighted by atomic mass is 19.3. The number of aliphatic hydroxyl groups is 1. The Kier molecular flexibility index (Phi) is 6.91. The van der Waals surface area contributed by atoms with Crippen molar-refractivity contribution in [2.75, 3.05) is 12.8 Å². The highest BCUT2D eigenvalue weighted by molar-refractivity contribution is 5.97. The van der Waals surface area contributed by atoms with Crippen molar-refractivity contribution in [1.29, 1.82) is 0 Å². The molecule has 6 nitrogen and oxygen atoms in total. The summed E-state index contributed by atoms with van der Waals surface area (Å²) in [6.07, 6.45) is -3.28. The monoisotopic (exact) mass is 402 g/mol. The quantitative estimate of drug-likeness (QED) is 0.403. The number of hydrogen-bond donors (Lipinski definition) is 3. The first-order valence-corrected chi connectivity index (χ1v) is 8.52. The number of benzene rings is 2. The van der Waals surface area contributed by atoms with E-state index in [4.69, 9.17) is 5.73 Å². The van der Waals surface area contributed by atoms with E-state index in [0.717, 1.165) is 14.0 Å². The number of rotatable bonds is 5. The summed E-state index contributed by atoms with van der Waals surface area (Å²) in [5.41, 5.74) is 4.90. The first kappa shape index (κ1) is 21.9. The summed E-state index contributed by atoms with van der Waals surface area (Å²) in [6.45, 7) is 0.744. The van der Waals surface area contributed by atoms with Gasteiger partial charge in [-0.25, -0.2) is 13.6 Å². The van der Waals surface area contributed by atoms with E-state index in [1.807, 2.05) is 0 Å². The van der Waals surface area contributed by atoms with Crippen LogP contribution >= 0.6 is 0 Å². The SMILES string of the molecule is COC(=O)C(NC(=O)c1ccc(C#Cc2ccccc2N)cc1)C(C)(O)C(F)F. The van der Waals surface area contributed by atoms with Gasteiger partial charge in [-0.2, -0.15) is 0 Å². The number of halogens is 2. The Morgan fingerprint density at radius 1 is 1.14 bits per heavy atom. The smallest absolute Gasteiger partial charge is 0.331 e. The Morgan fingerprint density at radius 2 is 1.76 bits per heavy atom. The Bertz CT molecular complexity index is 947. The molecular weight excluding hydrogens is 382 g/mol. The minimum atomic E-state index is -3.28. The number of anilines is 1. The van der Waals surface area contributed by atoms with Gasteiger partial charge in [0.15, 0.2) is 11.6 Å². The molecule has 152 valence electrons. The summed E-state index contributed by atoms with van der Waals surface area (Å²) < 4.78 is 30.6. The lowest BCUT2D eigenvalue weighted by Gasteiger charge is -2.30. The van der Waals surface area contributed by atoms with Crippen LogP contribution in [0.5, 0.6) is 0 Å². The average Bonchev–Trinajstić information content (AvgIpc) is 2.70. The van der Waals surface area contributed by atoms with Gasteiger partial charge < -0.3 is 20.9 Å². The van der Waals surface area contributed by atoms with Gasteiger partial charge in [-0.05, 0) is 43.3 Å². The van der Waals surface area contributed by atoms with Gasteiger partial charge in [0.25, 0.3) is 12.3 Å². The molecule has 0 bridgehead atoms. The molecule has 0 aliphatic rings. The summed E-state index contributed by atoms with van der Waals surface area (Å²) in [7, 11) is 0.968. The van der Waals surface area contributed by atoms with Crippen molar-refractivity contribution in [3.8, 4) is 11.8 Å². The highest BCUT2D eigenvalue weighted by Gasteiger charge is 2.46. The fourth-order valence-corrected chi connectivity index (χ4v) is 2.36. The van der Waals surface area contributed by atoms with Crippen molar-refractivity contribution >= 4 is 17.6 Å². The normalized spacial score (nSPS) is 13.6. The largest absolute Gasteiger partial charge is 0.467 e. The Balaban J connectivity index is 2.17. The lowest BCUT2D eigenvalue weighted by Crippen LogP contribution is -2.59. The van der Waals surface area contributed by atoms with E-state index < -0.39 is 29.9 Å². The molecule has 1 amide bonds. The average molecular weight is 402 g/mol. The number of nitrogens with one attached hydrogen (secondary N) is 1. The predicted molar refractivity (Wildman–Crippen MR) is 103 cm³/mol. The number of esters is 1. The van der Waals surface area contributed by atoms with E-state index in [2.05, 4.69) is 21.9 Å². The fourth-order valence-electron chi connectivity index (χ4n) is 2.36. The van der Waals surface area contributed by atoms with Crippen LogP contribution in [0.15, 0.2) is 48.5 Å². The van der Waals surface area contributed by atoms with Gasteiger partial charge in [0, 0.05) is 22.4 Å². The van der Waals surface area contributed by atoms with Crippen molar-refractivity contribution < 1.29 is 28.2 Å². The van der Waals surface area contributed by atoms with Gasteiger partial charge in [0.05, 0.1) is 7.11 Å². The zero-order valence-corrected chi connectivity index (χ0v) is 15.8. The number of hydrogen-bond acceptors (Lipinski definition) is 5. The van der Waals surface area contributed by atoms with Crippen molar-refractivity contribution in [2.24, 2.45) is 0 Å². The number of amides is 1. The summed E-state index contributed by atoms with van der Waals surface area (Å²) in [5.74, 6) is 3.80. The number of carbonyl (C=O) groups is 2. The third-order valence-corrected chi connectivity index (χ3v) is 4.19. The van der Waals surface area contributed by atoms with Crippen LogP contribution in [0.2, 0.25) is 0 Å². The predicted octanol–water partition coefficient (Wildman–Crippen LogP) is 1.96. The standard InChI is InChI=1S/C21H20F2N2O4/c1-21(28,20(22)23)17(19(27)29-2)25-18(26)15-11-8-13(9-12-15)7-10-14-5-3-4-6-16(14)24/h3-6,8-9,11-12,17,20,28H,24H2,1-2H3,(H,25,26). The first-order chi connectivity index (χ1) is 13.7. The Morgan fingerprint density at radius 3 is 2.31 bits per heavy atom. The topological polar surface area (TPSA) is 102 Å². The maximum Gasteiger partial charge on any atom is 0.331 e. The van der Waals surface area contributed by atoms with E-state index in [0.29, 0.717) is 16.8 Å². The van der Waals surface area contributed by atoms with Crippen molar-refractivity contribution in [1.82, 2.24) is 5.32 Å². The zero-order valence-electron chi connectivity index (χ0n) is 15.8. The molecule has 2 aromatic carbocycles. The van der Waals surface area contributed by atoms with Crippen molar-refractivity contribution in [2.45, 2.75) is 25.0 Å². The molecular formula is C21H20F2N2O4. The summed E-state index contributed by atoms with van der Waals surface area (Å²) in [5, 5.41) is 12.0. The zero-order chi connectivity index (χ0) is 21.6. The van der Waals surface area contributed by atoms with Crippen LogP contribution in [0.3, 0.4) is 0 Å². The van der Waals surface area contributed by atoms with Gasteiger partial charge in [0.2, 0.25) is 0 Å². The van der Waals surface area contributed by atoms with E-state index in [1.54, 1.807) is 36.4 Å². The molecule has 0 spiro atoms. The third-order valence-electron chi connectivity index (χ3n) is 4.19. The number of nitrogen functional groups attached to an aromatic ring is 1. The molecule has 29 heavy (non-hydrogen) atoms. The summed E-state index contributed by atoms with van der Waals surface area (Å²) >= 11 is 0. The van der Waals surface area contributed by atoms with Crippen LogP contribution < -0.4 is 11.1 Å². The van der Waals surface area contributed by atoms with Gasteiger partial charge >= 0.3 is 5.97 Å². The van der Waals surface area contributed by atoms with Crippen molar-refractivity contribution in [3.05, 3.63) is 65.2 Å². The minimum Gasteiger partial charge on any atom is -0.467 e. The number of ether oxygens (including phenoxy) is 1. The molecule has 4 N–H and O–H groups in total. The van der Waals surface area contributed by atoms with E-state index in [-0.39, 0.29) is 5.56 Å². The second-order valence-electron chi connectivity index (χ2n) is 6.37. The molecule has 0 saturated heterocycles. The molecule has 2 unspecified atom stereocenters. The van der Waals surface area contributed by atoms with Crippen LogP contribution in [0.25, 0.3) is 0 Å². The van der Waals surface area contributed by atoms with Crippen LogP contribution in [0, 0.1) is 11.8 Å². The van der Waals surface area contributed by atoms with Gasteiger partial charge in [-0.3, -0.25) is 4.79 Å². The maximum atomic E-state index is 13.1. The molecule has 2 rings (SSSR count). The second kappa shape index (κ2) is 9.17. The van der Waals surface area contributed by atoms with Crippen LogP contribution in [-0.2, 0) is 9.53 Å². The number of methoxy groups -OCH3 is 1. The van der Waals surface area contributed by atoms with Crippen LogP contribution in [0.4, 0.5) is 14.5 Å². The van der Waals surface area contributed by atoms with Gasteiger partial charge in [-0.1, -0.05) is 24.0 Å². The molecule has 0 aliphatic heterocycles. The molecule has 2 aromatic rings. The molecule has 0 heterocycles. The molecule has 8 heteroatoms. The Hall–Kier alpha value is -3.44. The van der Waals surface area contributed by atoms with Crippen LogP contribution in [-0.4, -0.2) is 42.2 Å². The lowest BCUT2D eigenvalue weighted by molar-refractivity contribution is -0.160. The van der Waals surface area contributed by atoms with Gasteiger partial charge in [0.1, 0.15) is 0 Å². The third kappa shape index (κ3) is 5.30. The highest BCUT2D eigenvalue weighted by Crippen LogP contribution is 2.21. The number of carbonyl (C=O) groups excluding carboxylic acids is 2. The minimum absolute atomic E-state index is 0.0914. The Labute approximate surface area is 166 Å². The van der Waals surface area contributed by atoms with E-state index in [9.17, 15) is 23.5 Å². The fraction of sp³-hybridized carbons (Fsp3) is 0.238. The molecule has 0 radical (unpaired) electrons. The molecule has 0 aliphatic carbocycles. The van der Waals surface area contributed by atoms with Gasteiger partial charge in [-0.15, -0.1) is 0 Å². The molecule has 2 atom stereocenters.